The van der Waals surface area contributed by atoms with Crippen molar-refractivity contribution >= 4 is 11.6 Å². The highest BCUT2D eigenvalue weighted by Gasteiger charge is 2.13. The molecule has 0 aromatic heterocycles. The van der Waals surface area contributed by atoms with Crippen LogP contribution in [0.2, 0.25) is 0 Å². The summed E-state index contributed by atoms with van der Waals surface area (Å²) in [5.41, 5.74) is 5.15. The zero-order valence-electron chi connectivity index (χ0n) is 9.37. The molecule has 1 rings (SSSR count). The summed E-state index contributed by atoms with van der Waals surface area (Å²) in [7, 11) is 1.42. The maximum absolute atomic E-state index is 13.2. The summed E-state index contributed by atoms with van der Waals surface area (Å²) in [6.07, 6.45) is -0.449. The Balaban J connectivity index is 2.64. The van der Waals surface area contributed by atoms with Crippen molar-refractivity contribution in [1.29, 1.82) is 0 Å². The number of nitrogens with one attached hydrogen (secondary N) is 1. The van der Waals surface area contributed by atoms with Gasteiger partial charge in [-0.2, -0.15) is 0 Å². The standard InChI is InChI=1S/C11H14F2N2O2/c1-17-8(6-14)5-11(16)15-10-4-7(12)2-3-9(10)13/h2-4,8H,5-6,14H2,1H3,(H,15,16). The minimum atomic E-state index is -0.693. The average Bonchev–Trinajstić information content (AvgIpc) is 2.31. The first-order valence-electron chi connectivity index (χ1n) is 5.04. The second kappa shape index (κ2) is 6.27. The fraction of sp³-hybridized carbons (Fsp3) is 0.364. The average molecular weight is 244 g/mol. The van der Waals surface area contributed by atoms with Gasteiger partial charge in [0.1, 0.15) is 11.6 Å². The van der Waals surface area contributed by atoms with Gasteiger partial charge in [0, 0.05) is 19.7 Å². The van der Waals surface area contributed by atoms with E-state index in [9.17, 15) is 13.6 Å². The Kier molecular flexibility index (Phi) is 4.99. The number of carbonyl (C=O) groups excluding carboxylic acids is 1. The van der Waals surface area contributed by atoms with E-state index in [0.29, 0.717) is 0 Å². The number of amides is 1. The van der Waals surface area contributed by atoms with Gasteiger partial charge >= 0.3 is 0 Å². The molecule has 1 aromatic rings. The molecule has 0 heterocycles. The minimum Gasteiger partial charge on any atom is -0.380 e. The summed E-state index contributed by atoms with van der Waals surface area (Å²) in [6.45, 7) is 0.176. The van der Waals surface area contributed by atoms with E-state index < -0.39 is 23.6 Å². The molecule has 0 fully saturated rings. The molecule has 0 aliphatic carbocycles. The van der Waals surface area contributed by atoms with Crippen LogP contribution in [0.15, 0.2) is 18.2 Å². The summed E-state index contributed by atoms with van der Waals surface area (Å²) in [6, 6.07) is 2.84. The molecule has 1 aromatic carbocycles. The number of methoxy groups -OCH3 is 1. The summed E-state index contributed by atoms with van der Waals surface area (Å²) >= 11 is 0. The van der Waals surface area contributed by atoms with Crippen LogP contribution >= 0.6 is 0 Å². The molecule has 17 heavy (non-hydrogen) atoms. The van der Waals surface area contributed by atoms with Crippen LogP contribution in [0.1, 0.15) is 6.42 Å². The molecule has 0 aliphatic heterocycles. The lowest BCUT2D eigenvalue weighted by Gasteiger charge is -2.12. The molecule has 4 nitrogen and oxygen atoms in total. The van der Waals surface area contributed by atoms with Gasteiger partial charge in [0.2, 0.25) is 5.91 Å². The molecule has 0 spiro atoms. The fourth-order valence-electron chi connectivity index (χ4n) is 1.26. The van der Waals surface area contributed by atoms with Gasteiger partial charge in [0.25, 0.3) is 0 Å². The molecule has 1 atom stereocenters. The van der Waals surface area contributed by atoms with Crippen molar-refractivity contribution in [2.75, 3.05) is 19.0 Å². The number of carbonyl (C=O) groups is 1. The number of halogens is 2. The molecular weight excluding hydrogens is 230 g/mol. The van der Waals surface area contributed by atoms with Crippen LogP contribution in [0.25, 0.3) is 0 Å². The van der Waals surface area contributed by atoms with Crippen molar-refractivity contribution in [2.45, 2.75) is 12.5 Å². The maximum Gasteiger partial charge on any atom is 0.227 e. The van der Waals surface area contributed by atoms with Crippen molar-refractivity contribution in [3.63, 3.8) is 0 Å². The van der Waals surface area contributed by atoms with E-state index in [1.807, 2.05) is 0 Å². The summed E-state index contributed by atoms with van der Waals surface area (Å²) in [5.74, 6) is -1.79. The molecule has 0 saturated heterocycles. The highest BCUT2D eigenvalue weighted by molar-refractivity contribution is 5.91. The quantitative estimate of drug-likeness (QED) is 0.819. The SMILES string of the molecule is COC(CN)CC(=O)Nc1cc(F)ccc1F. The van der Waals surface area contributed by atoms with Crippen LogP contribution in [0.5, 0.6) is 0 Å². The monoisotopic (exact) mass is 244 g/mol. The fourth-order valence-corrected chi connectivity index (χ4v) is 1.26. The van der Waals surface area contributed by atoms with Gasteiger partial charge in [-0.05, 0) is 12.1 Å². The van der Waals surface area contributed by atoms with Crippen LogP contribution in [-0.2, 0) is 9.53 Å². The smallest absolute Gasteiger partial charge is 0.227 e. The molecular formula is C11H14F2N2O2. The Labute approximate surface area is 97.8 Å². The highest BCUT2D eigenvalue weighted by Crippen LogP contribution is 2.15. The zero-order chi connectivity index (χ0) is 12.8. The first-order valence-corrected chi connectivity index (χ1v) is 5.04. The topological polar surface area (TPSA) is 64.3 Å². The lowest BCUT2D eigenvalue weighted by molar-refractivity contribution is -0.118. The largest absolute Gasteiger partial charge is 0.380 e. The van der Waals surface area contributed by atoms with Crippen LogP contribution < -0.4 is 11.1 Å². The minimum absolute atomic E-state index is 0.0110. The molecule has 3 N–H and O–H groups in total. The van der Waals surface area contributed by atoms with Crippen LogP contribution in [0, 0.1) is 11.6 Å². The number of hydrogen-bond acceptors (Lipinski definition) is 3. The maximum atomic E-state index is 13.2. The van der Waals surface area contributed by atoms with E-state index in [0.717, 1.165) is 18.2 Å². The summed E-state index contributed by atoms with van der Waals surface area (Å²) < 4.78 is 30.9. The zero-order valence-corrected chi connectivity index (χ0v) is 9.37. The molecule has 0 bridgehead atoms. The van der Waals surface area contributed by atoms with Crippen LogP contribution in [-0.4, -0.2) is 25.7 Å². The molecule has 0 saturated carbocycles. The van der Waals surface area contributed by atoms with E-state index in [-0.39, 0.29) is 18.7 Å². The molecule has 6 heteroatoms. The van der Waals surface area contributed by atoms with E-state index in [1.165, 1.54) is 7.11 Å². The highest BCUT2D eigenvalue weighted by atomic mass is 19.1. The van der Waals surface area contributed by atoms with Gasteiger partial charge in [0.05, 0.1) is 18.2 Å². The Morgan fingerprint density at radius 2 is 2.24 bits per heavy atom. The van der Waals surface area contributed by atoms with Gasteiger partial charge in [-0.25, -0.2) is 8.78 Å². The van der Waals surface area contributed by atoms with E-state index in [1.54, 1.807) is 0 Å². The number of nitrogens with two attached hydrogens (primary N) is 1. The predicted octanol–water partition coefficient (Wildman–Crippen LogP) is 1.27. The number of anilines is 1. The third-order valence-electron chi connectivity index (χ3n) is 2.21. The van der Waals surface area contributed by atoms with Crippen molar-refractivity contribution in [1.82, 2.24) is 0 Å². The molecule has 94 valence electrons. The molecule has 1 unspecified atom stereocenters. The lowest BCUT2D eigenvalue weighted by Crippen LogP contribution is -2.28. The Hall–Kier alpha value is -1.53. The second-order valence-electron chi connectivity index (χ2n) is 3.47. The van der Waals surface area contributed by atoms with Gasteiger partial charge < -0.3 is 15.8 Å². The first-order chi connectivity index (χ1) is 8.06. The van der Waals surface area contributed by atoms with E-state index >= 15 is 0 Å². The Morgan fingerprint density at radius 3 is 2.82 bits per heavy atom. The van der Waals surface area contributed by atoms with Crippen molar-refractivity contribution < 1.29 is 18.3 Å². The number of ether oxygens (including phenoxy) is 1. The van der Waals surface area contributed by atoms with Gasteiger partial charge in [-0.1, -0.05) is 0 Å². The molecule has 0 aliphatic rings. The van der Waals surface area contributed by atoms with Gasteiger partial charge in [-0.3, -0.25) is 4.79 Å². The normalized spacial score (nSPS) is 12.2. The Bertz CT molecular complexity index is 395. The van der Waals surface area contributed by atoms with Crippen molar-refractivity contribution in [3.8, 4) is 0 Å². The lowest BCUT2D eigenvalue weighted by atomic mass is 10.2. The van der Waals surface area contributed by atoms with Crippen LogP contribution in [0.4, 0.5) is 14.5 Å². The summed E-state index contributed by atoms with van der Waals surface area (Å²) in [4.78, 5) is 11.5. The van der Waals surface area contributed by atoms with Crippen molar-refractivity contribution in [2.24, 2.45) is 5.73 Å². The number of hydrogen-bond donors (Lipinski definition) is 2. The second-order valence-corrected chi connectivity index (χ2v) is 3.47. The predicted molar refractivity (Wildman–Crippen MR) is 59.5 cm³/mol. The van der Waals surface area contributed by atoms with Crippen LogP contribution in [0.3, 0.4) is 0 Å². The molecule has 0 radical (unpaired) electrons. The Morgan fingerprint density at radius 1 is 1.53 bits per heavy atom. The first kappa shape index (κ1) is 13.5. The van der Waals surface area contributed by atoms with E-state index in [2.05, 4.69) is 5.32 Å². The van der Waals surface area contributed by atoms with Gasteiger partial charge in [-0.15, -0.1) is 0 Å². The third kappa shape index (κ3) is 4.08. The van der Waals surface area contributed by atoms with E-state index in [4.69, 9.17) is 10.5 Å². The van der Waals surface area contributed by atoms with Gasteiger partial charge in [0.15, 0.2) is 0 Å². The molecule has 1 amide bonds. The third-order valence-corrected chi connectivity index (χ3v) is 2.21. The number of benzene rings is 1. The number of rotatable bonds is 5. The summed E-state index contributed by atoms with van der Waals surface area (Å²) in [5, 5.41) is 2.26. The van der Waals surface area contributed by atoms with Crippen molar-refractivity contribution in [3.05, 3.63) is 29.8 Å².